The van der Waals surface area contributed by atoms with E-state index in [1.807, 2.05) is 24.3 Å². The van der Waals surface area contributed by atoms with Gasteiger partial charge in [0.25, 0.3) is 0 Å². The minimum absolute atomic E-state index is 0.0533. The van der Waals surface area contributed by atoms with E-state index in [1.165, 1.54) is 6.07 Å². The fraction of sp³-hybridized carbons (Fsp3) is 0.0588. The predicted octanol–water partition coefficient (Wildman–Crippen LogP) is 3.61. The Morgan fingerprint density at radius 2 is 1.73 bits per heavy atom. The minimum atomic E-state index is -0.603. The monoisotopic (exact) mass is 295 g/mol. The second-order valence-corrected chi connectivity index (χ2v) is 4.95. The van der Waals surface area contributed by atoms with Crippen LogP contribution in [0.3, 0.4) is 0 Å². The van der Waals surface area contributed by atoms with Crippen LogP contribution in [0.1, 0.15) is 5.56 Å². The van der Waals surface area contributed by atoms with E-state index < -0.39 is 4.92 Å². The van der Waals surface area contributed by atoms with Crippen molar-refractivity contribution in [3.63, 3.8) is 0 Å². The molecule has 0 saturated carbocycles. The Hall–Kier alpha value is -2.92. The maximum atomic E-state index is 11.0. The summed E-state index contributed by atoms with van der Waals surface area (Å²) in [5, 5.41) is 32.1. The highest BCUT2D eigenvalue weighted by Gasteiger charge is 2.18. The number of aliphatic hydroxyl groups is 1. The first-order chi connectivity index (χ1) is 10.6. The summed E-state index contributed by atoms with van der Waals surface area (Å²) in [5.74, 6) is -0.341. The van der Waals surface area contributed by atoms with Crippen molar-refractivity contribution in [3.8, 4) is 16.9 Å². The average Bonchev–Trinajstić information content (AvgIpc) is 2.53. The molecule has 0 saturated heterocycles. The third kappa shape index (κ3) is 2.27. The molecule has 5 nitrogen and oxygen atoms in total. The van der Waals surface area contributed by atoms with Crippen molar-refractivity contribution in [2.45, 2.75) is 6.61 Å². The first-order valence-electron chi connectivity index (χ1n) is 6.71. The molecule has 0 heterocycles. The number of hydrogen-bond donors (Lipinski definition) is 2. The van der Waals surface area contributed by atoms with Gasteiger partial charge in [0.05, 0.1) is 11.5 Å². The molecule has 22 heavy (non-hydrogen) atoms. The van der Waals surface area contributed by atoms with E-state index >= 15 is 0 Å². The smallest absolute Gasteiger partial charge is 0.311 e. The van der Waals surface area contributed by atoms with Crippen LogP contribution < -0.4 is 0 Å². The zero-order valence-electron chi connectivity index (χ0n) is 11.6. The lowest BCUT2D eigenvalue weighted by atomic mass is 9.96. The predicted molar refractivity (Wildman–Crippen MR) is 83.6 cm³/mol. The van der Waals surface area contributed by atoms with E-state index in [9.17, 15) is 20.3 Å². The Morgan fingerprint density at radius 3 is 2.45 bits per heavy atom. The average molecular weight is 295 g/mol. The number of fused-ring (bicyclic) bond motifs is 1. The Kier molecular flexibility index (Phi) is 3.48. The summed E-state index contributed by atoms with van der Waals surface area (Å²) in [6.45, 7) is -0.0533. The molecule has 3 aromatic carbocycles. The highest BCUT2D eigenvalue weighted by molar-refractivity contribution is 5.98. The number of benzene rings is 3. The van der Waals surface area contributed by atoms with Gasteiger partial charge in [0.15, 0.2) is 0 Å². The van der Waals surface area contributed by atoms with E-state index in [2.05, 4.69) is 0 Å². The van der Waals surface area contributed by atoms with Crippen LogP contribution in [-0.4, -0.2) is 15.1 Å². The normalized spacial score (nSPS) is 10.8. The molecule has 0 aliphatic heterocycles. The third-order valence-electron chi connectivity index (χ3n) is 3.63. The second-order valence-electron chi connectivity index (χ2n) is 4.95. The van der Waals surface area contributed by atoms with Crippen molar-refractivity contribution < 1.29 is 15.1 Å². The number of aliphatic hydroxyl groups excluding tert-OH is 1. The van der Waals surface area contributed by atoms with Crippen molar-refractivity contribution in [3.05, 3.63) is 70.3 Å². The molecule has 0 spiro atoms. The van der Waals surface area contributed by atoms with Crippen molar-refractivity contribution in [1.82, 2.24) is 0 Å². The lowest BCUT2D eigenvalue weighted by Crippen LogP contribution is -1.91. The standard InChI is InChI=1S/C17H13NO4/c19-10-11-7-8-13-12(9-11)3-1-4-14(13)15-5-2-6-16(17(15)20)18(21)22/h1-9,19-20H,10H2. The molecule has 110 valence electrons. The molecule has 2 N–H and O–H groups in total. The number of hydrogen-bond acceptors (Lipinski definition) is 4. The SMILES string of the molecule is O=[N+]([O-])c1cccc(-c2cccc3cc(CO)ccc23)c1O. The minimum Gasteiger partial charge on any atom is -0.502 e. The largest absolute Gasteiger partial charge is 0.502 e. The van der Waals surface area contributed by atoms with Crippen molar-refractivity contribution in [2.75, 3.05) is 0 Å². The number of phenols is 1. The summed E-state index contributed by atoms with van der Waals surface area (Å²) in [7, 11) is 0. The van der Waals surface area contributed by atoms with Gasteiger partial charge in [-0.3, -0.25) is 10.1 Å². The van der Waals surface area contributed by atoms with E-state index in [-0.39, 0.29) is 18.0 Å². The van der Waals surface area contributed by atoms with Gasteiger partial charge in [0.2, 0.25) is 5.75 Å². The molecule has 5 heteroatoms. The summed E-state index contributed by atoms with van der Waals surface area (Å²) >= 11 is 0. The third-order valence-corrected chi connectivity index (χ3v) is 3.63. The lowest BCUT2D eigenvalue weighted by molar-refractivity contribution is -0.385. The van der Waals surface area contributed by atoms with Crippen LogP contribution >= 0.6 is 0 Å². The van der Waals surface area contributed by atoms with Gasteiger partial charge in [-0.05, 0) is 28.0 Å². The fourth-order valence-electron chi connectivity index (χ4n) is 2.56. The molecule has 0 fully saturated rings. The molecule has 0 aromatic heterocycles. The van der Waals surface area contributed by atoms with E-state index in [0.29, 0.717) is 11.1 Å². The van der Waals surface area contributed by atoms with E-state index in [0.717, 1.165) is 16.3 Å². The molecule has 0 amide bonds. The topological polar surface area (TPSA) is 83.6 Å². The van der Waals surface area contributed by atoms with E-state index in [1.54, 1.807) is 24.3 Å². The molecule has 0 aliphatic carbocycles. The Bertz CT molecular complexity index is 874. The summed E-state index contributed by atoms with van der Waals surface area (Å²) < 4.78 is 0. The maximum absolute atomic E-state index is 11.0. The van der Waals surface area contributed by atoms with Crippen LogP contribution in [0.4, 0.5) is 5.69 Å². The van der Waals surface area contributed by atoms with Gasteiger partial charge >= 0.3 is 5.69 Å². The zero-order chi connectivity index (χ0) is 15.7. The molecular weight excluding hydrogens is 282 g/mol. The van der Waals surface area contributed by atoms with Gasteiger partial charge in [-0.1, -0.05) is 42.5 Å². The lowest BCUT2D eigenvalue weighted by Gasteiger charge is -2.10. The van der Waals surface area contributed by atoms with Gasteiger partial charge in [-0.15, -0.1) is 0 Å². The van der Waals surface area contributed by atoms with Gasteiger partial charge in [-0.2, -0.15) is 0 Å². The van der Waals surface area contributed by atoms with Crippen LogP contribution in [0.2, 0.25) is 0 Å². The molecule has 0 radical (unpaired) electrons. The van der Waals surface area contributed by atoms with Crippen LogP contribution in [0.25, 0.3) is 21.9 Å². The summed E-state index contributed by atoms with van der Waals surface area (Å²) in [5.41, 5.74) is 1.59. The zero-order valence-corrected chi connectivity index (χ0v) is 11.6. The number of nitro benzene ring substituents is 1. The van der Waals surface area contributed by atoms with Crippen molar-refractivity contribution in [2.24, 2.45) is 0 Å². The molecule has 0 atom stereocenters. The number of phenolic OH excluding ortho intramolecular Hbond substituents is 1. The Labute approximate surface area is 126 Å². The molecule has 0 aliphatic rings. The summed E-state index contributed by atoms with van der Waals surface area (Å²) in [6.07, 6.45) is 0. The number of nitro groups is 1. The van der Waals surface area contributed by atoms with Crippen LogP contribution in [0.15, 0.2) is 54.6 Å². The van der Waals surface area contributed by atoms with Gasteiger partial charge in [-0.25, -0.2) is 0 Å². The number of para-hydroxylation sites is 1. The summed E-state index contributed by atoms with van der Waals surface area (Å²) in [6, 6.07) is 15.5. The van der Waals surface area contributed by atoms with Crippen molar-refractivity contribution in [1.29, 1.82) is 0 Å². The second kappa shape index (κ2) is 5.46. The highest BCUT2D eigenvalue weighted by Crippen LogP contribution is 2.39. The van der Waals surface area contributed by atoms with Crippen LogP contribution in [0, 0.1) is 10.1 Å². The molecule has 3 rings (SSSR count). The number of aromatic hydroxyl groups is 1. The number of nitrogens with zero attached hydrogens (tertiary/aromatic N) is 1. The first-order valence-corrected chi connectivity index (χ1v) is 6.71. The highest BCUT2D eigenvalue weighted by atomic mass is 16.6. The fourth-order valence-corrected chi connectivity index (χ4v) is 2.56. The van der Waals surface area contributed by atoms with E-state index in [4.69, 9.17) is 0 Å². The first kappa shape index (κ1) is 14.0. The van der Waals surface area contributed by atoms with Gasteiger partial charge in [0, 0.05) is 11.6 Å². The molecular formula is C17H13NO4. The molecule has 3 aromatic rings. The molecule has 0 unspecified atom stereocenters. The summed E-state index contributed by atoms with van der Waals surface area (Å²) in [4.78, 5) is 10.4. The van der Waals surface area contributed by atoms with Crippen LogP contribution in [-0.2, 0) is 6.61 Å². The Morgan fingerprint density at radius 1 is 1.00 bits per heavy atom. The van der Waals surface area contributed by atoms with Crippen LogP contribution in [0.5, 0.6) is 5.75 Å². The van der Waals surface area contributed by atoms with Gasteiger partial charge < -0.3 is 10.2 Å². The number of rotatable bonds is 3. The molecule has 0 bridgehead atoms. The maximum Gasteiger partial charge on any atom is 0.311 e. The van der Waals surface area contributed by atoms with Crippen molar-refractivity contribution >= 4 is 16.5 Å². The van der Waals surface area contributed by atoms with Gasteiger partial charge in [0.1, 0.15) is 0 Å². The Balaban J connectivity index is 2.27. The quantitative estimate of drug-likeness (QED) is 0.571.